The van der Waals surface area contributed by atoms with Gasteiger partial charge in [-0.2, -0.15) is 0 Å². The van der Waals surface area contributed by atoms with Crippen LogP contribution in [0.5, 0.6) is 11.5 Å². The second kappa shape index (κ2) is 12.8. The molecule has 0 aromatic heterocycles. The third-order valence-corrected chi connectivity index (χ3v) is 6.85. The van der Waals surface area contributed by atoms with Crippen molar-refractivity contribution in [3.05, 3.63) is 82.2 Å². The molecule has 0 fully saturated rings. The number of hydrogen-bond donors (Lipinski definition) is 4. The third-order valence-electron chi connectivity index (χ3n) is 6.41. The smallest absolute Gasteiger partial charge is 0.337 e. The molecular formula is C28H30N4O6S2. The van der Waals surface area contributed by atoms with E-state index in [1.807, 2.05) is 48.5 Å². The average Bonchev–Trinajstić information content (AvgIpc) is 2.94. The molecule has 2 atom stereocenters. The van der Waals surface area contributed by atoms with Crippen molar-refractivity contribution in [3.8, 4) is 11.5 Å². The Hall–Kier alpha value is -4.16. The number of thiocarbonyl (C=S) groups is 2. The minimum Gasteiger partial charge on any atom is -0.490 e. The second-order valence-electron chi connectivity index (χ2n) is 8.90. The van der Waals surface area contributed by atoms with Crippen LogP contribution in [0.15, 0.2) is 71.1 Å². The summed E-state index contributed by atoms with van der Waals surface area (Å²) in [5.74, 6) is 0.183. The Morgan fingerprint density at radius 2 is 1.07 bits per heavy atom. The van der Waals surface area contributed by atoms with Crippen molar-refractivity contribution in [3.63, 3.8) is 0 Å². The lowest BCUT2D eigenvalue weighted by Crippen LogP contribution is -2.45. The fourth-order valence-corrected chi connectivity index (χ4v) is 5.16. The summed E-state index contributed by atoms with van der Waals surface area (Å²) < 4.78 is 22.2. The van der Waals surface area contributed by atoms with Crippen LogP contribution >= 0.6 is 24.4 Å². The zero-order valence-corrected chi connectivity index (χ0v) is 24.1. The van der Waals surface area contributed by atoms with Crippen LogP contribution in [0.3, 0.4) is 0 Å². The van der Waals surface area contributed by atoms with Gasteiger partial charge in [0.05, 0.1) is 37.4 Å². The second-order valence-corrected chi connectivity index (χ2v) is 9.71. The molecule has 0 spiro atoms. The predicted molar refractivity (Wildman–Crippen MR) is 157 cm³/mol. The SMILES string of the molecule is COC(=O)C1=C(C)NC(=S)NC1c1ccccc1OCCOc1ccccc1C1NC(=S)NC(C)=C1C(=O)OC. The van der Waals surface area contributed by atoms with Crippen LogP contribution in [0, 0.1) is 0 Å². The van der Waals surface area contributed by atoms with Crippen molar-refractivity contribution < 1.29 is 28.5 Å². The Labute approximate surface area is 243 Å². The van der Waals surface area contributed by atoms with Crippen LogP contribution in [-0.2, 0) is 19.1 Å². The lowest BCUT2D eigenvalue weighted by molar-refractivity contribution is -0.137. The van der Waals surface area contributed by atoms with E-state index in [9.17, 15) is 9.59 Å². The molecular weight excluding hydrogens is 552 g/mol. The van der Waals surface area contributed by atoms with Crippen molar-refractivity contribution in [2.45, 2.75) is 25.9 Å². The maximum atomic E-state index is 12.6. The molecule has 210 valence electrons. The van der Waals surface area contributed by atoms with E-state index >= 15 is 0 Å². The number of benzene rings is 2. The molecule has 0 bridgehead atoms. The van der Waals surface area contributed by atoms with Gasteiger partial charge in [0.2, 0.25) is 0 Å². The maximum absolute atomic E-state index is 12.6. The zero-order chi connectivity index (χ0) is 28.8. The first-order chi connectivity index (χ1) is 19.2. The molecule has 2 aromatic rings. The van der Waals surface area contributed by atoms with Crippen LogP contribution in [0.1, 0.15) is 37.1 Å². The molecule has 40 heavy (non-hydrogen) atoms. The first-order valence-electron chi connectivity index (χ1n) is 12.4. The van der Waals surface area contributed by atoms with E-state index in [1.54, 1.807) is 13.8 Å². The zero-order valence-electron chi connectivity index (χ0n) is 22.5. The summed E-state index contributed by atoms with van der Waals surface area (Å²) in [7, 11) is 2.67. The van der Waals surface area contributed by atoms with Crippen LogP contribution in [0.2, 0.25) is 0 Å². The normalized spacial score (nSPS) is 18.6. The molecule has 0 saturated heterocycles. The molecule has 0 aliphatic carbocycles. The fraction of sp³-hybridized carbons (Fsp3) is 0.286. The Bertz CT molecular complexity index is 1300. The van der Waals surface area contributed by atoms with Gasteiger partial charge in [0, 0.05) is 22.5 Å². The molecule has 0 radical (unpaired) electrons. The highest BCUT2D eigenvalue weighted by atomic mass is 32.1. The number of hydrogen-bond acceptors (Lipinski definition) is 8. The van der Waals surface area contributed by atoms with Crippen LogP contribution in [0.25, 0.3) is 0 Å². The van der Waals surface area contributed by atoms with Crippen molar-refractivity contribution in [2.24, 2.45) is 0 Å². The highest BCUT2D eigenvalue weighted by Crippen LogP contribution is 2.35. The highest BCUT2D eigenvalue weighted by molar-refractivity contribution is 7.80. The summed E-state index contributed by atoms with van der Waals surface area (Å²) >= 11 is 10.7. The molecule has 2 unspecified atom stereocenters. The van der Waals surface area contributed by atoms with Gasteiger partial charge in [-0.25, -0.2) is 9.59 Å². The Balaban J connectivity index is 1.51. The first kappa shape index (κ1) is 28.8. The van der Waals surface area contributed by atoms with E-state index in [0.717, 1.165) is 11.1 Å². The lowest BCUT2D eigenvalue weighted by Gasteiger charge is -2.31. The molecule has 2 aliphatic heterocycles. The molecule has 2 aliphatic rings. The van der Waals surface area contributed by atoms with Crippen molar-refractivity contribution >= 4 is 46.6 Å². The lowest BCUT2D eigenvalue weighted by atomic mass is 9.95. The van der Waals surface area contributed by atoms with E-state index in [-0.39, 0.29) is 13.2 Å². The maximum Gasteiger partial charge on any atom is 0.337 e. The van der Waals surface area contributed by atoms with E-state index in [0.29, 0.717) is 44.3 Å². The van der Waals surface area contributed by atoms with Gasteiger partial charge >= 0.3 is 11.9 Å². The summed E-state index contributed by atoms with van der Waals surface area (Å²) in [4.78, 5) is 25.1. The molecule has 2 heterocycles. The standard InChI is InChI=1S/C28H30N4O6S2/c1-15-21(25(33)35-3)23(31-27(39)29-15)17-9-5-7-11-19(17)37-13-14-38-20-12-8-6-10-18(20)24-22(26(34)36-4)16(2)30-28(40)32-24/h5-12,23-24H,13-14H2,1-4H3,(H2,29,31,39)(H2,30,32,40). The number of carbonyl (C=O) groups is 2. The summed E-state index contributed by atoms with van der Waals surface area (Å²) in [5, 5.41) is 13.0. The number of esters is 2. The first-order valence-corrected chi connectivity index (χ1v) is 13.2. The Morgan fingerprint density at radius 1 is 0.700 bits per heavy atom. The number of para-hydroxylation sites is 2. The number of methoxy groups -OCH3 is 2. The minimum absolute atomic E-state index is 0.202. The van der Waals surface area contributed by atoms with E-state index in [1.165, 1.54) is 14.2 Å². The Kier molecular flexibility index (Phi) is 9.22. The van der Waals surface area contributed by atoms with Gasteiger partial charge in [-0.3, -0.25) is 0 Å². The van der Waals surface area contributed by atoms with Crippen LogP contribution in [0.4, 0.5) is 0 Å². The molecule has 12 heteroatoms. The van der Waals surface area contributed by atoms with Gasteiger partial charge in [-0.1, -0.05) is 36.4 Å². The summed E-state index contributed by atoms with van der Waals surface area (Å²) in [6.07, 6.45) is 0. The molecule has 0 amide bonds. The minimum atomic E-state index is -0.555. The van der Waals surface area contributed by atoms with Gasteiger partial charge < -0.3 is 40.2 Å². The number of rotatable bonds is 9. The number of ether oxygens (including phenoxy) is 4. The van der Waals surface area contributed by atoms with E-state index in [4.69, 9.17) is 43.4 Å². The quantitative estimate of drug-likeness (QED) is 0.198. The molecule has 0 saturated carbocycles. The van der Waals surface area contributed by atoms with Gasteiger partial charge in [-0.15, -0.1) is 0 Å². The van der Waals surface area contributed by atoms with Gasteiger partial charge in [0.25, 0.3) is 0 Å². The van der Waals surface area contributed by atoms with Gasteiger partial charge in [-0.05, 0) is 50.4 Å². The van der Waals surface area contributed by atoms with Crippen LogP contribution in [-0.4, -0.2) is 49.6 Å². The summed E-state index contributed by atoms with van der Waals surface area (Å²) in [5.41, 5.74) is 3.49. The van der Waals surface area contributed by atoms with E-state index in [2.05, 4.69) is 21.3 Å². The summed E-state index contributed by atoms with van der Waals surface area (Å²) in [6.45, 7) is 3.95. The molecule has 10 nitrogen and oxygen atoms in total. The Morgan fingerprint density at radius 3 is 1.45 bits per heavy atom. The third kappa shape index (κ3) is 6.18. The fourth-order valence-electron chi connectivity index (χ4n) is 4.62. The topological polar surface area (TPSA) is 119 Å². The van der Waals surface area contributed by atoms with Crippen molar-refractivity contribution in [1.29, 1.82) is 0 Å². The molecule has 2 aromatic carbocycles. The predicted octanol–water partition coefficient (Wildman–Crippen LogP) is 3.08. The molecule has 4 N–H and O–H groups in total. The number of nitrogens with one attached hydrogen (secondary N) is 4. The summed E-state index contributed by atoms with van der Waals surface area (Å²) in [6, 6.07) is 13.7. The van der Waals surface area contributed by atoms with E-state index < -0.39 is 24.0 Å². The van der Waals surface area contributed by atoms with Gasteiger partial charge in [0.1, 0.15) is 24.7 Å². The average molecular weight is 583 g/mol. The largest absolute Gasteiger partial charge is 0.490 e. The van der Waals surface area contributed by atoms with Crippen molar-refractivity contribution in [1.82, 2.24) is 21.3 Å². The number of allylic oxidation sites excluding steroid dienone is 2. The number of carbonyl (C=O) groups excluding carboxylic acids is 2. The monoisotopic (exact) mass is 582 g/mol. The highest BCUT2D eigenvalue weighted by Gasteiger charge is 2.33. The van der Waals surface area contributed by atoms with Gasteiger partial charge in [0.15, 0.2) is 10.2 Å². The van der Waals surface area contributed by atoms with Crippen molar-refractivity contribution in [2.75, 3.05) is 27.4 Å². The van der Waals surface area contributed by atoms with Crippen LogP contribution < -0.4 is 30.7 Å². The molecule has 4 rings (SSSR count).